The minimum atomic E-state index is 0.141. The minimum absolute atomic E-state index is 0.141. The molecule has 4 nitrogen and oxygen atoms in total. The molecule has 0 aromatic carbocycles. The third-order valence-corrected chi connectivity index (χ3v) is 3.59. The molecule has 0 aliphatic heterocycles. The molecule has 1 saturated carbocycles. The van der Waals surface area contributed by atoms with Crippen LogP contribution in [0.1, 0.15) is 25.7 Å². The zero-order valence-electron chi connectivity index (χ0n) is 9.66. The highest BCUT2D eigenvalue weighted by molar-refractivity contribution is 6.34. The fourth-order valence-electron chi connectivity index (χ4n) is 2.24. The maximum Gasteiger partial charge on any atom is 0.225 e. The molecule has 0 unspecified atom stereocenters. The van der Waals surface area contributed by atoms with Crippen LogP contribution in [0.3, 0.4) is 0 Å². The Hall–Kier alpha value is -0.870. The first-order valence-electron chi connectivity index (χ1n) is 5.56. The molecule has 0 N–H and O–H groups in total. The van der Waals surface area contributed by atoms with Gasteiger partial charge in [-0.2, -0.15) is 4.98 Å². The van der Waals surface area contributed by atoms with Gasteiger partial charge in [-0.05, 0) is 31.2 Å². The first-order valence-corrected chi connectivity index (χ1v) is 6.31. The van der Waals surface area contributed by atoms with Crippen LogP contribution in [-0.4, -0.2) is 29.8 Å². The van der Waals surface area contributed by atoms with Crippen LogP contribution in [-0.2, 0) is 0 Å². The molecule has 6 heteroatoms. The van der Waals surface area contributed by atoms with E-state index < -0.39 is 0 Å². The van der Waals surface area contributed by atoms with E-state index in [4.69, 9.17) is 23.2 Å². The van der Waals surface area contributed by atoms with Crippen LogP contribution < -0.4 is 4.90 Å². The summed E-state index contributed by atoms with van der Waals surface area (Å²) in [6.45, 7) is 3.51. The number of nitrogens with zero attached hydrogens (tertiary/aromatic N) is 4. The Morgan fingerprint density at radius 1 is 1.29 bits per heavy atom. The van der Waals surface area contributed by atoms with E-state index in [0.29, 0.717) is 17.5 Å². The fraction of sp³-hybridized carbons (Fsp3) is 0.545. The first kappa shape index (κ1) is 12.6. The highest BCUT2D eigenvalue weighted by Crippen LogP contribution is 2.36. The van der Waals surface area contributed by atoms with Crippen molar-refractivity contribution < 1.29 is 0 Å². The van der Waals surface area contributed by atoms with Crippen LogP contribution in [0.2, 0.25) is 10.4 Å². The molecule has 0 atom stereocenters. The van der Waals surface area contributed by atoms with Gasteiger partial charge in [0.25, 0.3) is 0 Å². The number of rotatable bonds is 3. The summed E-state index contributed by atoms with van der Waals surface area (Å²) in [5.74, 6) is 0.664. The number of hydrogen-bond donors (Lipinski definition) is 0. The lowest BCUT2D eigenvalue weighted by atomic mass is 10.2. The lowest BCUT2D eigenvalue weighted by Gasteiger charge is -2.26. The standard InChI is InChI=1S/C11H14Cl2N4/c1-14-8-9(12)15-11(13)16-10(8)17(2)7-5-3-4-6-7/h7H,1,3-6H2,2H3. The lowest BCUT2D eigenvalue weighted by molar-refractivity contribution is 0.646. The molecule has 17 heavy (non-hydrogen) atoms. The summed E-state index contributed by atoms with van der Waals surface area (Å²) < 4.78 is 0. The van der Waals surface area contributed by atoms with Gasteiger partial charge >= 0.3 is 0 Å². The Bertz CT molecular complexity index is 430. The minimum Gasteiger partial charge on any atom is -0.355 e. The van der Waals surface area contributed by atoms with Crippen molar-refractivity contribution in [1.29, 1.82) is 0 Å². The second-order valence-corrected chi connectivity index (χ2v) is 4.86. The van der Waals surface area contributed by atoms with E-state index in [1.807, 2.05) is 7.05 Å². The summed E-state index contributed by atoms with van der Waals surface area (Å²) in [6, 6.07) is 0.470. The van der Waals surface area contributed by atoms with Crippen molar-refractivity contribution >= 4 is 41.4 Å². The Labute approximate surface area is 111 Å². The zero-order chi connectivity index (χ0) is 12.4. The molecule has 1 aliphatic carbocycles. The Balaban J connectivity index is 2.38. The third kappa shape index (κ3) is 2.53. The number of aliphatic imine (C=N–C) groups is 1. The molecule has 0 spiro atoms. The third-order valence-electron chi connectivity index (χ3n) is 3.16. The van der Waals surface area contributed by atoms with Crippen LogP contribution in [0.25, 0.3) is 0 Å². The monoisotopic (exact) mass is 272 g/mol. The Morgan fingerprint density at radius 3 is 2.53 bits per heavy atom. The molecule has 0 bridgehead atoms. The van der Waals surface area contributed by atoms with E-state index in [2.05, 4.69) is 26.6 Å². The first-order chi connectivity index (χ1) is 8.13. The molecular formula is C11H14Cl2N4. The van der Waals surface area contributed by atoms with E-state index >= 15 is 0 Å². The van der Waals surface area contributed by atoms with Crippen molar-refractivity contribution in [3.8, 4) is 0 Å². The van der Waals surface area contributed by atoms with Crippen molar-refractivity contribution in [2.45, 2.75) is 31.7 Å². The van der Waals surface area contributed by atoms with Gasteiger partial charge in [-0.15, -0.1) is 0 Å². The molecule has 1 aliphatic rings. The Kier molecular flexibility index (Phi) is 3.84. The van der Waals surface area contributed by atoms with Gasteiger partial charge in [0.15, 0.2) is 11.0 Å². The van der Waals surface area contributed by atoms with Crippen molar-refractivity contribution in [2.75, 3.05) is 11.9 Å². The van der Waals surface area contributed by atoms with E-state index in [-0.39, 0.29) is 10.4 Å². The molecule has 1 aromatic heterocycles. The number of anilines is 1. The van der Waals surface area contributed by atoms with Gasteiger partial charge in [0, 0.05) is 13.1 Å². The van der Waals surface area contributed by atoms with Crippen molar-refractivity contribution in [3.05, 3.63) is 10.4 Å². The average Bonchev–Trinajstić information content (AvgIpc) is 2.80. The second-order valence-electron chi connectivity index (χ2n) is 4.16. The van der Waals surface area contributed by atoms with Gasteiger partial charge in [0.2, 0.25) is 5.28 Å². The molecule has 0 saturated heterocycles. The summed E-state index contributed by atoms with van der Waals surface area (Å²) in [7, 11) is 1.99. The smallest absolute Gasteiger partial charge is 0.225 e. The maximum atomic E-state index is 5.99. The molecule has 1 heterocycles. The number of hydrogen-bond acceptors (Lipinski definition) is 4. The van der Waals surface area contributed by atoms with E-state index in [0.717, 1.165) is 12.8 Å². The molecular weight excluding hydrogens is 259 g/mol. The van der Waals surface area contributed by atoms with E-state index in [9.17, 15) is 0 Å². The van der Waals surface area contributed by atoms with Crippen molar-refractivity contribution in [2.24, 2.45) is 4.99 Å². The molecule has 0 amide bonds. The fourth-order valence-corrected chi connectivity index (χ4v) is 2.67. The molecule has 2 rings (SSSR count). The van der Waals surface area contributed by atoms with Gasteiger partial charge in [0.1, 0.15) is 5.69 Å². The van der Waals surface area contributed by atoms with Crippen molar-refractivity contribution in [1.82, 2.24) is 9.97 Å². The van der Waals surface area contributed by atoms with E-state index in [1.54, 1.807) is 0 Å². The maximum absolute atomic E-state index is 5.99. The predicted molar refractivity (Wildman–Crippen MR) is 71.9 cm³/mol. The SMILES string of the molecule is C=Nc1c(Cl)nc(Cl)nc1N(C)C1CCCC1. The highest BCUT2D eigenvalue weighted by atomic mass is 35.5. The molecule has 1 fully saturated rings. The summed E-state index contributed by atoms with van der Waals surface area (Å²) >= 11 is 11.8. The molecule has 92 valence electrons. The summed E-state index contributed by atoms with van der Waals surface area (Å²) in [4.78, 5) is 14.1. The topological polar surface area (TPSA) is 41.4 Å². The molecule has 1 aromatic rings. The van der Waals surface area contributed by atoms with Crippen LogP contribution >= 0.6 is 23.2 Å². The van der Waals surface area contributed by atoms with Crippen LogP contribution in [0.5, 0.6) is 0 Å². The van der Waals surface area contributed by atoms with Crippen LogP contribution in [0, 0.1) is 0 Å². The largest absolute Gasteiger partial charge is 0.355 e. The zero-order valence-corrected chi connectivity index (χ0v) is 11.2. The van der Waals surface area contributed by atoms with Crippen molar-refractivity contribution in [3.63, 3.8) is 0 Å². The molecule has 0 radical (unpaired) electrons. The predicted octanol–water partition coefficient (Wildman–Crippen LogP) is 3.49. The lowest BCUT2D eigenvalue weighted by Crippen LogP contribution is -2.29. The number of halogens is 2. The summed E-state index contributed by atoms with van der Waals surface area (Å²) in [6.07, 6.45) is 4.81. The van der Waals surface area contributed by atoms with Gasteiger partial charge in [-0.25, -0.2) is 4.98 Å². The number of aromatic nitrogens is 2. The van der Waals surface area contributed by atoms with Crippen LogP contribution in [0.15, 0.2) is 4.99 Å². The average molecular weight is 273 g/mol. The van der Waals surface area contributed by atoms with Gasteiger partial charge in [-0.3, -0.25) is 4.99 Å². The summed E-state index contributed by atoms with van der Waals surface area (Å²) in [5, 5.41) is 0.391. The van der Waals surface area contributed by atoms with Gasteiger partial charge in [-0.1, -0.05) is 24.4 Å². The van der Waals surface area contributed by atoms with Gasteiger partial charge in [0.05, 0.1) is 0 Å². The normalized spacial score (nSPS) is 16.2. The highest BCUT2D eigenvalue weighted by Gasteiger charge is 2.24. The summed E-state index contributed by atoms with van der Waals surface area (Å²) in [5.41, 5.74) is 0.505. The van der Waals surface area contributed by atoms with Gasteiger partial charge < -0.3 is 4.90 Å². The quantitative estimate of drug-likeness (QED) is 0.481. The van der Waals surface area contributed by atoms with Crippen LogP contribution in [0.4, 0.5) is 11.5 Å². The second kappa shape index (κ2) is 5.19. The Morgan fingerprint density at radius 2 is 1.94 bits per heavy atom. The van der Waals surface area contributed by atoms with E-state index in [1.165, 1.54) is 12.8 Å².